The van der Waals surface area contributed by atoms with Gasteiger partial charge >= 0.3 is 11.9 Å². The van der Waals surface area contributed by atoms with E-state index in [2.05, 4.69) is 0 Å². The topological polar surface area (TPSA) is 104 Å². The van der Waals surface area contributed by atoms with Crippen molar-refractivity contribution in [2.45, 2.75) is 19.4 Å². The van der Waals surface area contributed by atoms with Gasteiger partial charge in [-0.25, -0.2) is 4.79 Å². The molecule has 1 atom stereocenters. The van der Waals surface area contributed by atoms with E-state index in [9.17, 15) is 19.5 Å². The fraction of sp³-hybridized carbons (Fsp3) is 0.200. The third kappa shape index (κ3) is 4.25. The van der Waals surface area contributed by atoms with Crippen molar-refractivity contribution in [3.63, 3.8) is 0 Å². The van der Waals surface area contributed by atoms with Gasteiger partial charge in [0.25, 0.3) is 5.91 Å². The lowest BCUT2D eigenvalue weighted by atomic mass is 10.0. The van der Waals surface area contributed by atoms with Gasteiger partial charge in [0.05, 0.1) is 17.9 Å². The highest BCUT2D eigenvalue weighted by Crippen LogP contribution is 2.38. The first-order chi connectivity index (χ1) is 13.8. The number of ether oxygens (including phenoxy) is 1. The number of thioether (sulfide) groups is 1. The minimum absolute atomic E-state index is 0.00750. The average Bonchev–Trinajstić information content (AvgIpc) is 2.95. The zero-order valence-corrected chi connectivity index (χ0v) is 17.0. The number of thiocarbonyl (C=S) groups is 1. The molecule has 1 aliphatic rings. The maximum Gasteiger partial charge on any atom is 0.327 e. The van der Waals surface area contributed by atoms with Gasteiger partial charge in [-0.2, -0.15) is 0 Å². The van der Waals surface area contributed by atoms with Crippen LogP contribution in [0, 0.1) is 0 Å². The van der Waals surface area contributed by atoms with Gasteiger partial charge in [0.1, 0.15) is 16.1 Å². The summed E-state index contributed by atoms with van der Waals surface area (Å²) < 4.78 is 5.71. The molecule has 0 aromatic heterocycles. The summed E-state index contributed by atoms with van der Waals surface area (Å²) in [5.74, 6) is -2.81. The van der Waals surface area contributed by atoms with Crippen LogP contribution in [-0.2, 0) is 14.4 Å². The van der Waals surface area contributed by atoms with Crippen LogP contribution in [0.15, 0.2) is 41.3 Å². The van der Waals surface area contributed by atoms with Gasteiger partial charge < -0.3 is 14.9 Å². The number of carbonyl (C=O) groups is 3. The molecule has 1 saturated heterocycles. The largest absolute Gasteiger partial charge is 0.493 e. The van der Waals surface area contributed by atoms with E-state index in [1.807, 2.05) is 43.3 Å². The molecule has 2 aromatic carbocycles. The van der Waals surface area contributed by atoms with Crippen LogP contribution in [0.3, 0.4) is 0 Å². The van der Waals surface area contributed by atoms with E-state index in [4.69, 9.17) is 22.1 Å². The summed E-state index contributed by atoms with van der Waals surface area (Å²) in [7, 11) is 0. The summed E-state index contributed by atoms with van der Waals surface area (Å²) in [6.45, 7) is 2.28. The molecule has 0 aliphatic carbocycles. The SMILES string of the molecule is CCOc1ccc2ccccc2c1/C=C1\SC(=S)N(C(CC(=O)O)C(=O)O)C1=O. The van der Waals surface area contributed by atoms with Gasteiger partial charge in [0, 0.05) is 5.56 Å². The van der Waals surface area contributed by atoms with E-state index in [1.54, 1.807) is 6.08 Å². The van der Waals surface area contributed by atoms with Gasteiger partial charge in [-0.15, -0.1) is 0 Å². The second-order valence-electron chi connectivity index (χ2n) is 6.14. The molecule has 9 heteroatoms. The Kier molecular flexibility index (Phi) is 6.19. The number of carbonyl (C=O) groups excluding carboxylic acids is 1. The Morgan fingerprint density at radius 3 is 2.62 bits per heavy atom. The lowest BCUT2D eigenvalue weighted by molar-refractivity contribution is -0.150. The first-order valence-corrected chi connectivity index (χ1v) is 9.92. The van der Waals surface area contributed by atoms with E-state index in [1.165, 1.54) is 0 Å². The fourth-order valence-corrected chi connectivity index (χ4v) is 4.38. The number of carboxylic acids is 2. The smallest absolute Gasteiger partial charge is 0.327 e. The predicted molar refractivity (Wildman–Crippen MR) is 114 cm³/mol. The zero-order valence-electron chi connectivity index (χ0n) is 15.3. The standard InChI is InChI=1S/C20H17NO6S2/c1-2-27-15-8-7-11-5-3-4-6-12(11)13(15)9-16-18(24)21(20(28)29-16)14(19(25)26)10-17(22)23/h3-9,14H,2,10H2,1H3,(H,22,23)(H,25,26)/b16-9-. The second-order valence-corrected chi connectivity index (χ2v) is 7.81. The molecule has 0 spiro atoms. The monoisotopic (exact) mass is 431 g/mol. The Labute approximate surface area is 175 Å². The zero-order chi connectivity index (χ0) is 21.1. The van der Waals surface area contributed by atoms with E-state index in [0.717, 1.165) is 27.4 Å². The van der Waals surface area contributed by atoms with E-state index in [0.29, 0.717) is 17.9 Å². The van der Waals surface area contributed by atoms with Crippen LogP contribution in [0.4, 0.5) is 0 Å². The van der Waals surface area contributed by atoms with Crippen LogP contribution in [-0.4, -0.2) is 49.9 Å². The second kappa shape index (κ2) is 8.62. The van der Waals surface area contributed by atoms with Crippen LogP contribution < -0.4 is 4.74 Å². The molecule has 1 amide bonds. The molecular formula is C20H17NO6S2. The van der Waals surface area contributed by atoms with Crippen molar-refractivity contribution >= 4 is 63.0 Å². The summed E-state index contributed by atoms with van der Waals surface area (Å²) in [5, 5.41) is 20.2. The van der Waals surface area contributed by atoms with Crippen molar-refractivity contribution in [2.24, 2.45) is 0 Å². The summed E-state index contributed by atoms with van der Waals surface area (Å²) >= 11 is 6.12. The molecular weight excluding hydrogens is 414 g/mol. The van der Waals surface area contributed by atoms with Crippen LogP contribution >= 0.6 is 24.0 Å². The lowest BCUT2D eigenvalue weighted by Crippen LogP contribution is -2.45. The summed E-state index contributed by atoms with van der Waals surface area (Å²) in [4.78, 5) is 36.5. The number of benzene rings is 2. The first-order valence-electron chi connectivity index (χ1n) is 8.69. The molecule has 2 N–H and O–H groups in total. The first kappa shape index (κ1) is 20.8. The van der Waals surface area contributed by atoms with Gasteiger partial charge in [0.2, 0.25) is 0 Å². The summed E-state index contributed by atoms with van der Waals surface area (Å²) in [6, 6.07) is 9.75. The van der Waals surface area contributed by atoms with E-state index < -0.39 is 30.3 Å². The van der Waals surface area contributed by atoms with Crippen LogP contribution in [0.2, 0.25) is 0 Å². The predicted octanol–water partition coefficient (Wildman–Crippen LogP) is 3.37. The average molecular weight is 431 g/mol. The number of amides is 1. The number of hydrogen-bond donors (Lipinski definition) is 2. The Morgan fingerprint density at radius 2 is 1.97 bits per heavy atom. The Hall–Kier alpha value is -2.91. The van der Waals surface area contributed by atoms with Gasteiger partial charge in [-0.3, -0.25) is 14.5 Å². The van der Waals surface area contributed by atoms with Crippen molar-refractivity contribution in [2.75, 3.05) is 6.61 Å². The Bertz CT molecular complexity index is 1050. The van der Waals surface area contributed by atoms with Crippen molar-refractivity contribution in [3.05, 3.63) is 46.9 Å². The molecule has 29 heavy (non-hydrogen) atoms. The third-order valence-corrected chi connectivity index (χ3v) is 5.62. The normalized spacial score (nSPS) is 16.4. The Morgan fingerprint density at radius 1 is 1.24 bits per heavy atom. The molecule has 1 unspecified atom stereocenters. The fourth-order valence-electron chi connectivity index (χ4n) is 3.04. The summed E-state index contributed by atoms with van der Waals surface area (Å²) in [6.07, 6.45) is 0.875. The minimum atomic E-state index is -1.57. The van der Waals surface area contributed by atoms with Crippen molar-refractivity contribution in [1.29, 1.82) is 0 Å². The molecule has 3 rings (SSSR count). The Balaban J connectivity index is 2.07. The molecule has 1 heterocycles. The number of aliphatic carboxylic acids is 2. The number of carboxylic acid groups (broad SMARTS) is 2. The third-order valence-electron chi connectivity index (χ3n) is 4.29. The van der Waals surface area contributed by atoms with Gasteiger partial charge in [-0.05, 0) is 29.8 Å². The highest BCUT2D eigenvalue weighted by atomic mass is 32.2. The van der Waals surface area contributed by atoms with E-state index in [-0.39, 0.29) is 9.23 Å². The number of rotatable bonds is 7. The maximum atomic E-state index is 12.9. The van der Waals surface area contributed by atoms with Crippen molar-refractivity contribution < 1.29 is 29.3 Å². The molecule has 0 radical (unpaired) electrons. The van der Waals surface area contributed by atoms with E-state index >= 15 is 0 Å². The number of nitrogens with zero attached hydrogens (tertiary/aromatic N) is 1. The minimum Gasteiger partial charge on any atom is -0.493 e. The highest BCUT2D eigenvalue weighted by Gasteiger charge is 2.41. The summed E-state index contributed by atoms with van der Waals surface area (Å²) in [5.41, 5.74) is 0.676. The molecule has 7 nitrogen and oxygen atoms in total. The highest BCUT2D eigenvalue weighted by molar-refractivity contribution is 8.26. The van der Waals surface area contributed by atoms with Gasteiger partial charge in [0.15, 0.2) is 0 Å². The molecule has 150 valence electrons. The molecule has 2 aromatic rings. The number of fused-ring (bicyclic) bond motifs is 1. The van der Waals surface area contributed by atoms with Crippen molar-refractivity contribution in [3.8, 4) is 5.75 Å². The molecule has 1 aliphatic heterocycles. The quantitative estimate of drug-likeness (QED) is 0.508. The molecule has 1 fully saturated rings. The van der Waals surface area contributed by atoms with Gasteiger partial charge in [-0.1, -0.05) is 54.3 Å². The molecule has 0 saturated carbocycles. The van der Waals surface area contributed by atoms with Crippen LogP contribution in [0.1, 0.15) is 18.9 Å². The maximum absolute atomic E-state index is 12.9. The molecule has 0 bridgehead atoms. The van der Waals surface area contributed by atoms with Crippen LogP contribution in [0.5, 0.6) is 5.75 Å². The number of hydrogen-bond acceptors (Lipinski definition) is 6. The van der Waals surface area contributed by atoms with Crippen molar-refractivity contribution in [1.82, 2.24) is 4.90 Å². The lowest BCUT2D eigenvalue weighted by Gasteiger charge is -2.21. The van der Waals surface area contributed by atoms with Crippen LogP contribution in [0.25, 0.3) is 16.8 Å².